The van der Waals surface area contributed by atoms with Gasteiger partial charge in [-0.2, -0.15) is 0 Å². The summed E-state index contributed by atoms with van der Waals surface area (Å²) in [5, 5.41) is 11.6. The van der Waals surface area contributed by atoms with Gasteiger partial charge in [0, 0.05) is 12.3 Å². The van der Waals surface area contributed by atoms with Crippen LogP contribution in [-0.2, 0) is 11.2 Å². The van der Waals surface area contributed by atoms with E-state index in [1.54, 1.807) is 18.2 Å². The summed E-state index contributed by atoms with van der Waals surface area (Å²) in [6.45, 7) is 0.271. The van der Waals surface area contributed by atoms with Crippen LogP contribution >= 0.6 is 11.8 Å². The zero-order valence-electron chi connectivity index (χ0n) is 10.7. The molecule has 20 heavy (non-hydrogen) atoms. The molecule has 0 radical (unpaired) electrons. The number of urea groups is 1. The van der Waals surface area contributed by atoms with Gasteiger partial charge in [0.1, 0.15) is 11.9 Å². The second-order valence-electron chi connectivity index (χ2n) is 4.40. The van der Waals surface area contributed by atoms with Gasteiger partial charge in [-0.05, 0) is 18.1 Å². The first kappa shape index (κ1) is 14.6. The molecule has 7 heteroatoms. The van der Waals surface area contributed by atoms with Crippen molar-refractivity contribution in [1.82, 2.24) is 10.2 Å². The first-order chi connectivity index (χ1) is 9.59. The minimum atomic E-state index is -1.00. The van der Waals surface area contributed by atoms with Crippen LogP contribution in [0.25, 0.3) is 0 Å². The molecule has 5 nitrogen and oxygen atoms in total. The maximum atomic E-state index is 13.4. The van der Waals surface area contributed by atoms with Gasteiger partial charge in [-0.3, -0.25) is 0 Å². The molecule has 1 heterocycles. The van der Waals surface area contributed by atoms with Gasteiger partial charge in [0.2, 0.25) is 0 Å². The van der Waals surface area contributed by atoms with E-state index in [0.29, 0.717) is 23.6 Å². The number of carbonyl (C=O) groups excluding carboxylic acids is 1. The molecular formula is C13H15FN2O3S. The molecule has 1 aromatic rings. The van der Waals surface area contributed by atoms with Crippen molar-refractivity contribution in [1.29, 1.82) is 0 Å². The van der Waals surface area contributed by atoms with Crippen molar-refractivity contribution in [2.45, 2.75) is 12.5 Å². The average Bonchev–Trinajstić information content (AvgIpc) is 2.90. The van der Waals surface area contributed by atoms with Crippen LogP contribution in [0, 0.1) is 5.82 Å². The van der Waals surface area contributed by atoms with Gasteiger partial charge in [0.15, 0.2) is 0 Å². The lowest BCUT2D eigenvalue weighted by atomic mass is 10.1. The lowest BCUT2D eigenvalue weighted by Gasteiger charge is -2.20. The quantitative estimate of drug-likeness (QED) is 0.884. The molecule has 108 valence electrons. The number of carboxylic acids is 1. The van der Waals surface area contributed by atoms with Gasteiger partial charge >= 0.3 is 12.0 Å². The second-order valence-corrected chi connectivity index (χ2v) is 5.40. The minimum absolute atomic E-state index is 0.271. The summed E-state index contributed by atoms with van der Waals surface area (Å²) >= 11 is 1.40. The van der Waals surface area contributed by atoms with Gasteiger partial charge in [-0.25, -0.2) is 14.0 Å². The van der Waals surface area contributed by atoms with Gasteiger partial charge in [-0.15, -0.1) is 11.8 Å². The second kappa shape index (κ2) is 6.60. The molecule has 1 saturated heterocycles. The number of nitrogens with zero attached hydrogens (tertiary/aromatic N) is 1. The predicted molar refractivity (Wildman–Crippen MR) is 74.1 cm³/mol. The molecule has 1 aliphatic rings. The number of halogens is 1. The molecule has 0 aliphatic carbocycles. The summed E-state index contributed by atoms with van der Waals surface area (Å²) in [6.07, 6.45) is 0.372. The highest BCUT2D eigenvalue weighted by Crippen LogP contribution is 2.20. The zero-order valence-corrected chi connectivity index (χ0v) is 11.5. The van der Waals surface area contributed by atoms with Gasteiger partial charge in [-0.1, -0.05) is 18.2 Å². The highest BCUT2D eigenvalue weighted by atomic mass is 32.2. The monoisotopic (exact) mass is 298 g/mol. The standard InChI is InChI=1S/C13H15FN2O3S/c14-10-4-2-1-3-9(10)5-6-15-13(19)16-8-20-7-11(16)12(17)18/h1-4,11H,5-8H2,(H,15,19)(H,17,18). The van der Waals surface area contributed by atoms with Crippen LogP contribution in [0.5, 0.6) is 0 Å². The number of nitrogens with one attached hydrogen (secondary N) is 1. The van der Waals surface area contributed by atoms with E-state index in [2.05, 4.69) is 5.32 Å². The summed E-state index contributed by atoms with van der Waals surface area (Å²) in [6, 6.07) is 5.17. The number of amides is 2. The van der Waals surface area contributed by atoms with Crippen LogP contribution in [-0.4, -0.2) is 46.2 Å². The molecule has 1 fully saturated rings. The Morgan fingerprint density at radius 2 is 2.20 bits per heavy atom. The Hall–Kier alpha value is -1.76. The number of carboxylic acid groups (broad SMARTS) is 1. The number of rotatable bonds is 4. The van der Waals surface area contributed by atoms with E-state index in [1.165, 1.54) is 22.7 Å². The van der Waals surface area contributed by atoms with E-state index in [-0.39, 0.29) is 12.4 Å². The molecule has 1 unspecified atom stereocenters. The smallest absolute Gasteiger partial charge is 0.327 e. The molecule has 2 N–H and O–H groups in total. The molecule has 0 saturated carbocycles. The summed E-state index contributed by atoms with van der Waals surface area (Å²) < 4.78 is 13.4. The molecule has 2 rings (SSSR count). The molecule has 0 spiro atoms. The van der Waals surface area contributed by atoms with E-state index in [9.17, 15) is 14.0 Å². The van der Waals surface area contributed by atoms with Crippen molar-refractivity contribution < 1.29 is 19.1 Å². The molecule has 1 aliphatic heterocycles. The molecule has 1 aromatic carbocycles. The van der Waals surface area contributed by atoms with E-state index in [4.69, 9.17) is 5.11 Å². The molecular weight excluding hydrogens is 283 g/mol. The Bertz CT molecular complexity index is 512. The highest BCUT2D eigenvalue weighted by molar-refractivity contribution is 7.99. The van der Waals surface area contributed by atoms with Crippen molar-refractivity contribution in [2.24, 2.45) is 0 Å². The normalized spacial score (nSPS) is 18.1. The minimum Gasteiger partial charge on any atom is -0.480 e. The molecule has 2 amide bonds. The van der Waals surface area contributed by atoms with Crippen LogP contribution < -0.4 is 5.32 Å². The first-order valence-electron chi connectivity index (χ1n) is 6.18. The van der Waals surface area contributed by atoms with Crippen molar-refractivity contribution in [3.05, 3.63) is 35.6 Å². The maximum Gasteiger partial charge on any atom is 0.327 e. The number of thioether (sulfide) groups is 1. The molecule has 0 aromatic heterocycles. The van der Waals surface area contributed by atoms with Crippen LogP contribution in [0.1, 0.15) is 5.56 Å². The third kappa shape index (κ3) is 3.41. The fourth-order valence-electron chi connectivity index (χ4n) is 1.95. The van der Waals surface area contributed by atoms with E-state index >= 15 is 0 Å². The van der Waals surface area contributed by atoms with Crippen LogP contribution in [0.4, 0.5) is 9.18 Å². The zero-order chi connectivity index (χ0) is 14.5. The van der Waals surface area contributed by atoms with E-state index < -0.39 is 18.0 Å². The fraction of sp³-hybridized carbons (Fsp3) is 0.385. The van der Waals surface area contributed by atoms with E-state index in [1.807, 2.05) is 0 Å². The Kier molecular flexibility index (Phi) is 4.84. The van der Waals surface area contributed by atoms with Gasteiger partial charge in [0.05, 0.1) is 5.88 Å². The summed E-state index contributed by atoms with van der Waals surface area (Å²) in [5.41, 5.74) is 0.526. The van der Waals surface area contributed by atoms with Crippen molar-refractivity contribution in [2.75, 3.05) is 18.2 Å². The fourth-order valence-corrected chi connectivity index (χ4v) is 3.10. The number of aliphatic carboxylic acids is 1. The summed E-state index contributed by atoms with van der Waals surface area (Å²) in [7, 11) is 0. The Morgan fingerprint density at radius 3 is 2.90 bits per heavy atom. The topological polar surface area (TPSA) is 69.6 Å². The molecule has 0 bridgehead atoms. The summed E-state index contributed by atoms with van der Waals surface area (Å²) in [5.74, 6) is -0.542. The Balaban J connectivity index is 1.84. The lowest BCUT2D eigenvalue weighted by Crippen LogP contribution is -2.47. The first-order valence-corrected chi connectivity index (χ1v) is 7.33. The van der Waals surface area contributed by atoms with Crippen LogP contribution in [0.2, 0.25) is 0 Å². The largest absolute Gasteiger partial charge is 0.480 e. The number of hydrogen-bond donors (Lipinski definition) is 2. The predicted octanol–water partition coefficient (Wildman–Crippen LogP) is 1.54. The van der Waals surface area contributed by atoms with E-state index in [0.717, 1.165) is 0 Å². The number of carbonyl (C=O) groups is 2. The Morgan fingerprint density at radius 1 is 1.45 bits per heavy atom. The summed E-state index contributed by atoms with van der Waals surface area (Å²) in [4.78, 5) is 24.1. The maximum absolute atomic E-state index is 13.4. The van der Waals surface area contributed by atoms with Crippen LogP contribution in [0.15, 0.2) is 24.3 Å². The number of benzene rings is 1. The third-order valence-electron chi connectivity index (χ3n) is 3.06. The SMILES string of the molecule is O=C(O)C1CSCN1C(=O)NCCc1ccccc1F. The molecule has 1 atom stereocenters. The lowest BCUT2D eigenvalue weighted by molar-refractivity contribution is -0.140. The van der Waals surface area contributed by atoms with Crippen molar-refractivity contribution >= 4 is 23.8 Å². The highest BCUT2D eigenvalue weighted by Gasteiger charge is 2.34. The van der Waals surface area contributed by atoms with Crippen molar-refractivity contribution in [3.63, 3.8) is 0 Å². The van der Waals surface area contributed by atoms with Crippen molar-refractivity contribution in [3.8, 4) is 0 Å². The Labute approximate surface area is 120 Å². The van der Waals surface area contributed by atoms with Gasteiger partial charge in [0.25, 0.3) is 0 Å². The van der Waals surface area contributed by atoms with Gasteiger partial charge < -0.3 is 15.3 Å². The number of hydrogen-bond acceptors (Lipinski definition) is 3. The third-order valence-corrected chi connectivity index (χ3v) is 4.07. The average molecular weight is 298 g/mol. The van der Waals surface area contributed by atoms with Crippen LogP contribution in [0.3, 0.4) is 0 Å².